The molecular formula is C66H44N2. The first kappa shape index (κ1) is 39.4. The zero-order valence-corrected chi connectivity index (χ0v) is 37.3. The molecule has 13 aromatic carbocycles. The number of hydrogen-bond acceptors (Lipinski definition) is 2. The van der Waals surface area contributed by atoms with E-state index in [1.54, 1.807) is 0 Å². The summed E-state index contributed by atoms with van der Waals surface area (Å²) in [6.07, 6.45) is 0. The molecule has 0 radical (unpaired) electrons. The zero-order chi connectivity index (χ0) is 45.0. The van der Waals surface area contributed by atoms with E-state index in [1.165, 1.54) is 86.9 Å². The summed E-state index contributed by atoms with van der Waals surface area (Å²) in [5.41, 5.74) is 11.6. The SMILES string of the molecule is c1ccc(-c2c3ccc4cc(N(c5ccccc5)c5ccc6ccccc6c5)ccc4c3c(-c3ccccc3)c3ccc4cc(N(c5ccccc5)c5ccc6ccccc6c5)ccc4c23)cc1. The van der Waals surface area contributed by atoms with Crippen LogP contribution in [0.15, 0.2) is 267 Å². The van der Waals surface area contributed by atoms with Crippen molar-refractivity contribution in [2.24, 2.45) is 0 Å². The quantitative estimate of drug-likeness (QED) is 0.111. The van der Waals surface area contributed by atoms with Crippen LogP contribution in [0, 0.1) is 0 Å². The number of fused-ring (bicyclic) bond motifs is 8. The van der Waals surface area contributed by atoms with E-state index < -0.39 is 0 Å². The highest BCUT2D eigenvalue weighted by Crippen LogP contribution is 2.50. The van der Waals surface area contributed by atoms with Gasteiger partial charge in [-0.15, -0.1) is 0 Å². The molecule has 0 spiro atoms. The Labute approximate surface area is 395 Å². The largest absolute Gasteiger partial charge is 0.310 e. The summed E-state index contributed by atoms with van der Waals surface area (Å²) in [5.74, 6) is 0. The van der Waals surface area contributed by atoms with Crippen molar-refractivity contribution < 1.29 is 0 Å². The Balaban J connectivity index is 1.06. The molecule has 0 aliphatic rings. The highest BCUT2D eigenvalue weighted by Gasteiger charge is 2.23. The van der Waals surface area contributed by atoms with Crippen molar-refractivity contribution in [3.8, 4) is 22.3 Å². The second-order valence-corrected chi connectivity index (χ2v) is 17.7. The van der Waals surface area contributed by atoms with Gasteiger partial charge in [-0.1, -0.05) is 194 Å². The predicted octanol–water partition coefficient (Wildman–Crippen LogP) is 18.9. The monoisotopic (exact) mass is 864 g/mol. The maximum absolute atomic E-state index is 2.38. The van der Waals surface area contributed by atoms with Gasteiger partial charge in [-0.3, -0.25) is 0 Å². The van der Waals surface area contributed by atoms with Crippen molar-refractivity contribution in [2.75, 3.05) is 9.80 Å². The van der Waals surface area contributed by atoms with Gasteiger partial charge in [0.1, 0.15) is 0 Å². The fraction of sp³-hybridized carbons (Fsp3) is 0. The highest BCUT2D eigenvalue weighted by molar-refractivity contribution is 6.32. The number of benzene rings is 13. The molecule has 68 heavy (non-hydrogen) atoms. The lowest BCUT2D eigenvalue weighted by molar-refractivity contribution is 1.29. The Bertz CT molecular complexity index is 3750. The first-order chi connectivity index (χ1) is 33.7. The Morgan fingerprint density at radius 3 is 0.882 bits per heavy atom. The topological polar surface area (TPSA) is 6.48 Å². The fourth-order valence-electron chi connectivity index (χ4n) is 10.6. The maximum atomic E-state index is 2.38. The van der Waals surface area contributed by atoms with Crippen LogP contribution in [-0.4, -0.2) is 0 Å². The van der Waals surface area contributed by atoms with Gasteiger partial charge in [0.05, 0.1) is 0 Å². The molecule has 0 amide bonds. The molecule has 0 heterocycles. The molecule has 0 aromatic heterocycles. The van der Waals surface area contributed by atoms with Crippen LogP contribution in [0.4, 0.5) is 34.1 Å². The lowest BCUT2D eigenvalue weighted by Crippen LogP contribution is -2.09. The van der Waals surface area contributed by atoms with Crippen LogP contribution in [0.5, 0.6) is 0 Å². The minimum atomic E-state index is 1.11. The fourth-order valence-corrected chi connectivity index (χ4v) is 10.6. The summed E-state index contributed by atoms with van der Waals surface area (Å²) in [6, 6.07) is 97.6. The van der Waals surface area contributed by atoms with Crippen molar-refractivity contribution in [1.29, 1.82) is 0 Å². The smallest absolute Gasteiger partial charge is 0.0468 e. The molecule has 2 heteroatoms. The summed E-state index contributed by atoms with van der Waals surface area (Å²) in [6.45, 7) is 0. The number of para-hydroxylation sites is 2. The van der Waals surface area contributed by atoms with Gasteiger partial charge in [0, 0.05) is 34.1 Å². The Morgan fingerprint density at radius 1 is 0.191 bits per heavy atom. The first-order valence-electron chi connectivity index (χ1n) is 23.4. The average molecular weight is 865 g/mol. The van der Waals surface area contributed by atoms with Gasteiger partial charge in [-0.2, -0.15) is 0 Å². The average Bonchev–Trinajstić information content (AvgIpc) is 3.41. The van der Waals surface area contributed by atoms with E-state index in [0.29, 0.717) is 0 Å². The molecule has 318 valence electrons. The molecule has 0 atom stereocenters. The van der Waals surface area contributed by atoms with Crippen LogP contribution in [0.25, 0.3) is 86.9 Å². The van der Waals surface area contributed by atoms with Gasteiger partial charge in [0.15, 0.2) is 0 Å². The van der Waals surface area contributed by atoms with E-state index in [9.17, 15) is 0 Å². The van der Waals surface area contributed by atoms with Gasteiger partial charge in [-0.25, -0.2) is 0 Å². The first-order valence-corrected chi connectivity index (χ1v) is 23.4. The van der Waals surface area contributed by atoms with Crippen LogP contribution in [0.1, 0.15) is 0 Å². The summed E-state index contributed by atoms with van der Waals surface area (Å²) >= 11 is 0. The van der Waals surface area contributed by atoms with Crippen LogP contribution in [0.2, 0.25) is 0 Å². The van der Waals surface area contributed by atoms with Crippen molar-refractivity contribution in [3.05, 3.63) is 267 Å². The minimum absolute atomic E-state index is 1.11. The van der Waals surface area contributed by atoms with Gasteiger partial charge in [0.2, 0.25) is 0 Å². The Hall–Kier alpha value is -8.98. The number of rotatable bonds is 8. The molecule has 0 aliphatic heterocycles. The van der Waals surface area contributed by atoms with E-state index in [-0.39, 0.29) is 0 Å². The summed E-state index contributed by atoms with van der Waals surface area (Å²) in [4.78, 5) is 4.76. The molecule has 2 nitrogen and oxygen atoms in total. The van der Waals surface area contributed by atoms with Gasteiger partial charge >= 0.3 is 0 Å². The highest BCUT2D eigenvalue weighted by atomic mass is 15.1. The van der Waals surface area contributed by atoms with Crippen molar-refractivity contribution in [1.82, 2.24) is 0 Å². The molecule has 13 rings (SSSR count). The third kappa shape index (κ3) is 6.73. The third-order valence-corrected chi connectivity index (χ3v) is 13.7. The van der Waals surface area contributed by atoms with Crippen LogP contribution < -0.4 is 9.80 Å². The van der Waals surface area contributed by atoms with Crippen molar-refractivity contribution in [3.63, 3.8) is 0 Å². The molecule has 0 saturated carbocycles. The molecule has 0 N–H and O–H groups in total. The molecule has 0 saturated heterocycles. The van der Waals surface area contributed by atoms with Crippen LogP contribution >= 0.6 is 0 Å². The molecule has 0 aliphatic carbocycles. The minimum Gasteiger partial charge on any atom is -0.310 e. The molecule has 0 fully saturated rings. The predicted molar refractivity (Wildman–Crippen MR) is 292 cm³/mol. The number of hydrogen-bond donors (Lipinski definition) is 0. The normalized spacial score (nSPS) is 11.5. The van der Waals surface area contributed by atoms with Gasteiger partial charge < -0.3 is 9.80 Å². The second kappa shape index (κ2) is 16.5. The second-order valence-electron chi connectivity index (χ2n) is 17.7. The van der Waals surface area contributed by atoms with Crippen LogP contribution in [0.3, 0.4) is 0 Å². The zero-order valence-electron chi connectivity index (χ0n) is 37.3. The maximum Gasteiger partial charge on any atom is 0.0468 e. The Morgan fingerprint density at radius 2 is 0.485 bits per heavy atom. The molecule has 0 bridgehead atoms. The molecule has 0 unspecified atom stereocenters. The van der Waals surface area contributed by atoms with E-state index >= 15 is 0 Å². The number of nitrogens with zero attached hydrogens (tertiary/aromatic N) is 2. The lowest BCUT2D eigenvalue weighted by atomic mass is 9.82. The summed E-state index contributed by atoms with van der Waals surface area (Å²) in [5, 5.41) is 14.7. The van der Waals surface area contributed by atoms with Gasteiger partial charge in [-0.05, 0) is 160 Å². The Kier molecular flexibility index (Phi) is 9.54. The lowest BCUT2D eigenvalue weighted by Gasteiger charge is -2.27. The summed E-state index contributed by atoms with van der Waals surface area (Å²) < 4.78 is 0. The van der Waals surface area contributed by atoms with E-state index in [0.717, 1.165) is 34.1 Å². The van der Waals surface area contributed by atoms with E-state index in [2.05, 4.69) is 277 Å². The van der Waals surface area contributed by atoms with E-state index in [1.807, 2.05) is 0 Å². The van der Waals surface area contributed by atoms with Crippen molar-refractivity contribution in [2.45, 2.75) is 0 Å². The van der Waals surface area contributed by atoms with Crippen molar-refractivity contribution >= 4 is 98.8 Å². The molecule has 13 aromatic rings. The van der Waals surface area contributed by atoms with E-state index in [4.69, 9.17) is 0 Å². The van der Waals surface area contributed by atoms with Crippen LogP contribution in [-0.2, 0) is 0 Å². The third-order valence-electron chi connectivity index (χ3n) is 13.7. The van der Waals surface area contributed by atoms with Gasteiger partial charge in [0.25, 0.3) is 0 Å². The molecular weight excluding hydrogens is 821 g/mol. The summed E-state index contributed by atoms with van der Waals surface area (Å²) in [7, 11) is 0. The number of anilines is 6. The standard InChI is InChI=1S/C66H44N2/c1-5-19-47(20-6-1)63-61-37-31-52-44-58(68(54-27-11-4-12-28-54)56-34-30-46-18-14-16-24-50(46)42-56)36-40-60(52)66(61)64(48-21-7-2-8-22-48)62-38-32-51-43-57(35-39-59(51)65(62)63)67(53-25-9-3-10-26-53)55-33-29-45-17-13-15-23-49(45)41-55/h1-44H.